The van der Waals surface area contributed by atoms with Gasteiger partial charge >= 0.3 is 0 Å². The Morgan fingerprint density at radius 1 is 1.27 bits per heavy atom. The summed E-state index contributed by atoms with van der Waals surface area (Å²) in [5.41, 5.74) is -0.0801. The van der Waals surface area contributed by atoms with Crippen LogP contribution in [0.2, 0.25) is 0 Å². The second kappa shape index (κ2) is 7.33. The van der Waals surface area contributed by atoms with E-state index in [0.717, 1.165) is 36.3 Å². The number of pyridine rings is 1. The molecule has 1 amide bonds. The fraction of sp³-hybridized carbons (Fsp3) is 0.333. The third-order valence-corrected chi connectivity index (χ3v) is 5.24. The van der Waals surface area contributed by atoms with Gasteiger partial charge in [0.15, 0.2) is 11.4 Å². The van der Waals surface area contributed by atoms with Crippen LogP contribution in [-0.2, 0) is 6.42 Å². The molecule has 2 aromatic heterocycles. The molecule has 1 unspecified atom stereocenters. The summed E-state index contributed by atoms with van der Waals surface area (Å²) in [5.74, 6) is 0.708. The molecular formula is C21H22N4O5. The third-order valence-electron chi connectivity index (χ3n) is 5.24. The molecule has 3 aromatic rings. The molecule has 1 atom stereocenters. The monoisotopic (exact) mass is 410 g/mol. The van der Waals surface area contributed by atoms with Gasteiger partial charge in [-0.2, -0.15) is 0 Å². The first-order valence-corrected chi connectivity index (χ1v) is 9.63. The number of aromatic hydroxyl groups is 1. The van der Waals surface area contributed by atoms with Crippen LogP contribution in [0.1, 0.15) is 46.5 Å². The van der Waals surface area contributed by atoms with Gasteiger partial charge in [-0.1, -0.05) is 0 Å². The molecule has 0 aliphatic heterocycles. The van der Waals surface area contributed by atoms with E-state index in [-0.39, 0.29) is 28.8 Å². The van der Waals surface area contributed by atoms with Crippen molar-refractivity contribution >= 4 is 23.0 Å². The number of furan rings is 1. The molecule has 3 N–H and O–H groups in total. The van der Waals surface area contributed by atoms with Crippen LogP contribution in [0.15, 0.2) is 32.3 Å². The van der Waals surface area contributed by atoms with E-state index in [1.807, 2.05) is 13.0 Å². The smallest absolute Gasteiger partial charge is 0.275 e. The molecule has 30 heavy (non-hydrogen) atoms. The average molecular weight is 410 g/mol. The molecule has 156 valence electrons. The standard InChI is InChI=1S/C21H22N4O5/c1-10-9-11-5-4-6-13(20(11)30-10)24-15-14(18(27)19(15)28)23-12-7-8-22-16(17(12)26)21(29)25(2)3/h7-9,13,24,26H,4-6H2,1-3H3,(H,22,23). The van der Waals surface area contributed by atoms with Crippen molar-refractivity contribution in [2.45, 2.75) is 32.2 Å². The van der Waals surface area contributed by atoms with Gasteiger partial charge in [0, 0.05) is 20.3 Å². The Kier molecular flexibility index (Phi) is 4.81. The van der Waals surface area contributed by atoms with E-state index < -0.39 is 22.5 Å². The zero-order valence-corrected chi connectivity index (χ0v) is 16.9. The van der Waals surface area contributed by atoms with Crippen molar-refractivity contribution in [3.8, 4) is 5.75 Å². The SMILES string of the molecule is Cc1cc2c(o1)C(Nc1c(Nc3ccnc(C(=O)N(C)C)c3O)c(=O)c1=O)CCC2. The molecule has 1 aliphatic rings. The number of anilines is 3. The molecule has 9 nitrogen and oxygen atoms in total. The predicted molar refractivity (Wildman–Crippen MR) is 111 cm³/mol. The van der Waals surface area contributed by atoms with Gasteiger partial charge in [-0.05, 0) is 43.9 Å². The second-order valence-corrected chi connectivity index (χ2v) is 7.62. The highest BCUT2D eigenvalue weighted by Crippen LogP contribution is 2.36. The van der Waals surface area contributed by atoms with Crippen LogP contribution in [0.5, 0.6) is 5.75 Å². The number of carbonyl (C=O) groups excluding carboxylic acids is 1. The molecule has 0 bridgehead atoms. The van der Waals surface area contributed by atoms with E-state index in [2.05, 4.69) is 15.6 Å². The molecule has 0 saturated carbocycles. The number of nitrogens with zero attached hydrogens (tertiary/aromatic N) is 2. The van der Waals surface area contributed by atoms with Crippen molar-refractivity contribution in [1.29, 1.82) is 0 Å². The van der Waals surface area contributed by atoms with Gasteiger partial charge in [-0.3, -0.25) is 14.4 Å². The summed E-state index contributed by atoms with van der Waals surface area (Å²) in [5, 5.41) is 16.4. The van der Waals surface area contributed by atoms with E-state index in [4.69, 9.17) is 4.42 Å². The topological polar surface area (TPSA) is 125 Å². The van der Waals surface area contributed by atoms with Gasteiger partial charge in [-0.15, -0.1) is 0 Å². The first-order chi connectivity index (χ1) is 14.3. The van der Waals surface area contributed by atoms with Crippen molar-refractivity contribution in [1.82, 2.24) is 9.88 Å². The Bertz CT molecular complexity index is 1200. The van der Waals surface area contributed by atoms with Gasteiger partial charge in [0.05, 0.1) is 11.7 Å². The minimum atomic E-state index is -0.694. The Hall–Kier alpha value is -3.62. The zero-order valence-electron chi connectivity index (χ0n) is 16.9. The first-order valence-electron chi connectivity index (χ1n) is 9.63. The molecule has 0 fully saturated rings. The highest BCUT2D eigenvalue weighted by Gasteiger charge is 2.30. The maximum absolute atomic E-state index is 12.2. The Morgan fingerprint density at radius 2 is 2.00 bits per heavy atom. The quantitative estimate of drug-likeness (QED) is 0.547. The number of amides is 1. The molecule has 1 aliphatic carbocycles. The van der Waals surface area contributed by atoms with E-state index >= 15 is 0 Å². The number of rotatable bonds is 5. The summed E-state index contributed by atoms with van der Waals surface area (Å²) < 4.78 is 5.80. The molecule has 9 heteroatoms. The summed E-state index contributed by atoms with van der Waals surface area (Å²) >= 11 is 0. The zero-order chi connectivity index (χ0) is 21.6. The molecule has 4 rings (SSSR count). The molecule has 0 saturated heterocycles. The molecule has 0 spiro atoms. The molecule has 0 radical (unpaired) electrons. The lowest BCUT2D eigenvalue weighted by atomic mass is 9.93. The summed E-state index contributed by atoms with van der Waals surface area (Å²) in [6.45, 7) is 1.87. The fourth-order valence-electron chi connectivity index (χ4n) is 3.72. The van der Waals surface area contributed by atoms with Crippen LogP contribution < -0.4 is 21.5 Å². The number of hydrogen-bond acceptors (Lipinski definition) is 8. The van der Waals surface area contributed by atoms with Crippen LogP contribution in [0.3, 0.4) is 0 Å². The van der Waals surface area contributed by atoms with Crippen molar-refractivity contribution in [2.24, 2.45) is 0 Å². The average Bonchev–Trinajstić information content (AvgIpc) is 3.11. The second-order valence-electron chi connectivity index (χ2n) is 7.62. The number of fused-ring (bicyclic) bond motifs is 1. The Balaban J connectivity index is 1.63. The van der Waals surface area contributed by atoms with Crippen molar-refractivity contribution in [3.63, 3.8) is 0 Å². The minimum absolute atomic E-state index is 0.0418. The van der Waals surface area contributed by atoms with Crippen LogP contribution >= 0.6 is 0 Å². The van der Waals surface area contributed by atoms with Gasteiger partial charge < -0.3 is 25.1 Å². The van der Waals surface area contributed by atoms with Crippen LogP contribution in [-0.4, -0.2) is 35.0 Å². The minimum Gasteiger partial charge on any atom is -0.504 e. The van der Waals surface area contributed by atoms with E-state index in [1.54, 1.807) is 0 Å². The van der Waals surface area contributed by atoms with Gasteiger partial charge in [0.2, 0.25) is 0 Å². The summed E-state index contributed by atoms with van der Waals surface area (Å²) in [6, 6.07) is 3.20. The summed E-state index contributed by atoms with van der Waals surface area (Å²) in [4.78, 5) is 41.8. The lowest BCUT2D eigenvalue weighted by Crippen LogP contribution is -2.37. The maximum atomic E-state index is 12.2. The normalized spacial score (nSPS) is 15.6. The van der Waals surface area contributed by atoms with Crippen molar-refractivity contribution in [2.75, 3.05) is 24.7 Å². The van der Waals surface area contributed by atoms with E-state index in [1.165, 1.54) is 31.3 Å². The van der Waals surface area contributed by atoms with Gasteiger partial charge in [-0.25, -0.2) is 4.98 Å². The first kappa shape index (κ1) is 19.7. The maximum Gasteiger partial charge on any atom is 0.275 e. The van der Waals surface area contributed by atoms with Gasteiger partial charge in [0.25, 0.3) is 16.8 Å². The number of nitrogens with one attached hydrogen (secondary N) is 2. The van der Waals surface area contributed by atoms with Crippen molar-refractivity contribution in [3.05, 3.63) is 61.6 Å². The Morgan fingerprint density at radius 3 is 2.73 bits per heavy atom. The highest BCUT2D eigenvalue weighted by atomic mass is 16.3. The third kappa shape index (κ3) is 3.22. The van der Waals surface area contributed by atoms with Crippen LogP contribution in [0, 0.1) is 6.92 Å². The highest BCUT2D eigenvalue weighted by molar-refractivity contribution is 5.97. The molecular weight excluding hydrogens is 388 g/mol. The van der Waals surface area contributed by atoms with E-state index in [9.17, 15) is 19.5 Å². The molecule has 1 aromatic carbocycles. The number of aryl methyl sites for hydroxylation is 2. The predicted octanol–water partition coefficient (Wildman–Crippen LogP) is 2.22. The lowest BCUT2D eigenvalue weighted by Gasteiger charge is -2.25. The molecule has 2 heterocycles. The number of carbonyl (C=O) groups is 1. The fourth-order valence-corrected chi connectivity index (χ4v) is 3.72. The van der Waals surface area contributed by atoms with Crippen LogP contribution in [0.4, 0.5) is 17.1 Å². The van der Waals surface area contributed by atoms with Crippen molar-refractivity contribution < 1.29 is 14.3 Å². The lowest BCUT2D eigenvalue weighted by molar-refractivity contribution is 0.0819. The largest absolute Gasteiger partial charge is 0.504 e. The summed E-state index contributed by atoms with van der Waals surface area (Å²) in [6.07, 6.45) is 3.95. The van der Waals surface area contributed by atoms with E-state index in [0.29, 0.717) is 0 Å². The van der Waals surface area contributed by atoms with Gasteiger partial charge in [0.1, 0.15) is 22.9 Å². The van der Waals surface area contributed by atoms with Crippen LogP contribution in [0.25, 0.3) is 0 Å². The number of hydrogen-bond donors (Lipinski definition) is 3. The Labute approximate surface area is 172 Å². The summed E-state index contributed by atoms with van der Waals surface area (Å²) in [7, 11) is 3.08. The number of aromatic nitrogens is 1.